The summed E-state index contributed by atoms with van der Waals surface area (Å²) in [5.74, 6) is 0. The lowest BCUT2D eigenvalue weighted by Crippen LogP contribution is -2.38. The molecule has 2 aromatic carbocycles. The van der Waals surface area contributed by atoms with Crippen LogP contribution in [0.5, 0.6) is 0 Å². The van der Waals surface area contributed by atoms with Crippen molar-refractivity contribution in [2.75, 3.05) is 25.5 Å². The van der Waals surface area contributed by atoms with Gasteiger partial charge in [-0.2, -0.15) is 0 Å². The molecule has 0 saturated heterocycles. The molecular formula is C18H20N2O. The maximum atomic E-state index is 12.4. The topological polar surface area (TPSA) is 23.6 Å². The Morgan fingerprint density at radius 1 is 1.10 bits per heavy atom. The van der Waals surface area contributed by atoms with E-state index in [9.17, 15) is 4.79 Å². The number of anilines is 1. The molecule has 0 saturated carbocycles. The molecule has 0 atom stereocenters. The lowest BCUT2D eigenvalue weighted by Gasteiger charge is -2.24. The maximum Gasteiger partial charge on any atom is 0.323 e. The molecule has 0 fully saturated rings. The third-order valence-electron chi connectivity index (χ3n) is 3.97. The molecule has 1 aliphatic rings. The number of hydrogen-bond acceptors (Lipinski definition) is 1. The fourth-order valence-electron chi connectivity index (χ4n) is 2.85. The van der Waals surface area contributed by atoms with Crippen LogP contribution in [0.4, 0.5) is 10.5 Å². The van der Waals surface area contributed by atoms with E-state index in [4.69, 9.17) is 0 Å². The van der Waals surface area contributed by atoms with Crippen LogP contribution in [0, 0.1) is 6.92 Å². The summed E-state index contributed by atoms with van der Waals surface area (Å²) >= 11 is 0. The van der Waals surface area contributed by atoms with Crippen molar-refractivity contribution in [3.63, 3.8) is 0 Å². The number of fused-ring (bicyclic) bond motifs is 1. The summed E-state index contributed by atoms with van der Waals surface area (Å²) in [4.78, 5) is 15.9. The summed E-state index contributed by atoms with van der Waals surface area (Å²) in [6.45, 7) is 2.84. The molecule has 0 spiro atoms. The second-order valence-electron chi connectivity index (χ2n) is 5.76. The van der Waals surface area contributed by atoms with Crippen LogP contribution in [-0.2, 0) is 6.42 Å². The van der Waals surface area contributed by atoms with Gasteiger partial charge in [-0.15, -0.1) is 0 Å². The number of carbonyl (C=O) groups is 1. The summed E-state index contributed by atoms with van der Waals surface area (Å²) in [5.41, 5.74) is 5.87. The Balaban J connectivity index is 2.10. The van der Waals surface area contributed by atoms with E-state index in [0.717, 1.165) is 29.8 Å². The van der Waals surface area contributed by atoms with Gasteiger partial charge in [-0.3, -0.25) is 4.90 Å². The van der Waals surface area contributed by atoms with Crippen LogP contribution < -0.4 is 4.90 Å². The maximum absolute atomic E-state index is 12.4. The van der Waals surface area contributed by atoms with Gasteiger partial charge in [0.2, 0.25) is 0 Å². The smallest absolute Gasteiger partial charge is 0.323 e. The normalized spacial score (nSPS) is 13.2. The Labute approximate surface area is 125 Å². The Kier molecular flexibility index (Phi) is 3.42. The molecule has 21 heavy (non-hydrogen) atoms. The van der Waals surface area contributed by atoms with Crippen molar-refractivity contribution >= 4 is 11.7 Å². The van der Waals surface area contributed by atoms with Crippen molar-refractivity contribution in [1.29, 1.82) is 0 Å². The minimum absolute atomic E-state index is 0.0494. The van der Waals surface area contributed by atoms with E-state index in [2.05, 4.69) is 49.4 Å². The van der Waals surface area contributed by atoms with Crippen LogP contribution in [0.1, 0.15) is 11.1 Å². The lowest BCUT2D eigenvalue weighted by molar-refractivity contribution is 0.224. The fraction of sp³-hybridized carbons (Fsp3) is 0.278. The highest BCUT2D eigenvalue weighted by molar-refractivity contribution is 5.99. The Hall–Kier alpha value is -2.29. The van der Waals surface area contributed by atoms with Crippen molar-refractivity contribution in [2.24, 2.45) is 0 Å². The van der Waals surface area contributed by atoms with E-state index in [0.29, 0.717) is 0 Å². The number of aryl methyl sites for hydroxylation is 1. The standard InChI is InChI=1S/C18H20N2O/c1-13-7-9-14(10-8-13)16-6-4-5-15-11-12-20(17(15)16)18(21)19(2)3/h4-10H,11-12H2,1-3H3. The first kappa shape index (κ1) is 13.7. The van der Waals surface area contributed by atoms with Crippen molar-refractivity contribution < 1.29 is 4.79 Å². The molecule has 0 bridgehead atoms. The number of para-hydroxylation sites is 1. The summed E-state index contributed by atoms with van der Waals surface area (Å²) in [6.07, 6.45) is 0.925. The van der Waals surface area contributed by atoms with Crippen LogP contribution in [0.3, 0.4) is 0 Å². The zero-order valence-corrected chi connectivity index (χ0v) is 12.8. The predicted molar refractivity (Wildman–Crippen MR) is 86.7 cm³/mol. The molecule has 1 aliphatic heterocycles. The monoisotopic (exact) mass is 280 g/mol. The zero-order chi connectivity index (χ0) is 15.0. The Morgan fingerprint density at radius 2 is 1.81 bits per heavy atom. The van der Waals surface area contributed by atoms with Gasteiger partial charge >= 0.3 is 6.03 Å². The van der Waals surface area contributed by atoms with E-state index >= 15 is 0 Å². The zero-order valence-electron chi connectivity index (χ0n) is 12.8. The van der Waals surface area contributed by atoms with Crippen LogP contribution in [0.15, 0.2) is 42.5 Å². The molecule has 0 radical (unpaired) electrons. The Morgan fingerprint density at radius 3 is 2.48 bits per heavy atom. The molecule has 2 amide bonds. The fourth-order valence-corrected chi connectivity index (χ4v) is 2.85. The number of amides is 2. The van der Waals surface area contributed by atoms with Gasteiger partial charge in [-0.25, -0.2) is 4.79 Å². The van der Waals surface area contributed by atoms with Gasteiger partial charge < -0.3 is 4.90 Å². The van der Waals surface area contributed by atoms with Gasteiger partial charge in [0.1, 0.15) is 0 Å². The minimum atomic E-state index is 0.0494. The third-order valence-corrected chi connectivity index (χ3v) is 3.97. The SMILES string of the molecule is Cc1ccc(-c2cccc3c2N(C(=O)N(C)C)CC3)cc1. The highest BCUT2D eigenvalue weighted by Gasteiger charge is 2.28. The summed E-state index contributed by atoms with van der Waals surface area (Å²) in [7, 11) is 3.60. The van der Waals surface area contributed by atoms with E-state index < -0.39 is 0 Å². The van der Waals surface area contributed by atoms with Crippen molar-refractivity contribution in [1.82, 2.24) is 4.90 Å². The van der Waals surface area contributed by atoms with Crippen molar-refractivity contribution in [3.05, 3.63) is 53.6 Å². The number of benzene rings is 2. The van der Waals surface area contributed by atoms with Crippen LogP contribution in [-0.4, -0.2) is 31.6 Å². The van der Waals surface area contributed by atoms with E-state index in [1.165, 1.54) is 11.1 Å². The minimum Gasteiger partial charge on any atom is -0.330 e. The first-order chi connectivity index (χ1) is 10.1. The number of urea groups is 1. The van der Waals surface area contributed by atoms with E-state index in [1.807, 2.05) is 4.90 Å². The second-order valence-corrected chi connectivity index (χ2v) is 5.76. The quantitative estimate of drug-likeness (QED) is 0.781. The molecule has 0 N–H and O–H groups in total. The molecule has 1 heterocycles. The van der Waals surface area contributed by atoms with Gasteiger partial charge in [-0.1, -0.05) is 48.0 Å². The number of hydrogen-bond donors (Lipinski definition) is 0. The molecule has 3 heteroatoms. The Bertz CT molecular complexity index is 674. The molecule has 3 nitrogen and oxygen atoms in total. The van der Waals surface area contributed by atoms with E-state index in [1.54, 1.807) is 19.0 Å². The first-order valence-electron chi connectivity index (χ1n) is 7.25. The van der Waals surface area contributed by atoms with Crippen LogP contribution in [0.2, 0.25) is 0 Å². The van der Waals surface area contributed by atoms with Gasteiger partial charge in [0.25, 0.3) is 0 Å². The van der Waals surface area contributed by atoms with Gasteiger partial charge in [0.05, 0.1) is 5.69 Å². The van der Waals surface area contributed by atoms with Gasteiger partial charge in [0.15, 0.2) is 0 Å². The lowest BCUT2D eigenvalue weighted by atomic mass is 9.99. The predicted octanol–water partition coefficient (Wildman–Crippen LogP) is 3.71. The highest BCUT2D eigenvalue weighted by atomic mass is 16.2. The molecule has 3 rings (SSSR count). The van der Waals surface area contributed by atoms with Gasteiger partial charge in [0, 0.05) is 26.2 Å². The van der Waals surface area contributed by atoms with Gasteiger partial charge in [-0.05, 0) is 24.5 Å². The number of rotatable bonds is 1. The average Bonchev–Trinajstić information content (AvgIpc) is 2.91. The summed E-state index contributed by atoms with van der Waals surface area (Å²) < 4.78 is 0. The molecule has 0 unspecified atom stereocenters. The van der Waals surface area contributed by atoms with Crippen LogP contribution in [0.25, 0.3) is 11.1 Å². The summed E-state index contributed by atoms with van der Waals surface area (Å²) in [6, 6.07) is 14.8. The molecule has 0 aliphatic carbocycles. The van der Waals surface area contributed by atoms with Crippen molar-refractivity contribution in [3.8, 4) is 11.1 Å². The largest absolute Gasteiger partial charge is 0.330 e. The van der Waals surface area contributed by atoms with Crippen LogP contribution >= 0.6 is 0 Å². The van der Waals surface area contributed by atoms with Crippen molar-refractivity contribution in [2.45, 2.75) is 13.3 Å². The molecule has 108 valence electrons. The third kappa shape index (κ3) is 2.40. The first-order valence-corrected chi connectivity index (χ1v) is 7.25. The molecule has 0 aromatic heterocycles. The average molecular weight is 280 g/mol. The molecular weight excluding hydrogens is 260 g/mol. The number of carbonyl (C=O) groups excluding carboxylic acids is 1. The summed E-state index contributed by atoms with van der Waals surface area (Å²) in [5, 5.41) is 0. The highest BCUT2D eigenvalue weighted by Crippen LogP contribution is 2.38. The molecule has 2 aromatic rings. The second kappa shape index (κ2) is 5.24. The van der Waals surface area contributed by atoms with E-state index in [-0.39, 0.29) is 6.03 Å². The number of nitrogens with zero attached hydrogens (tertiary/aromatic N) is 2.